The molecule has 0 aromatic heterocycles. The molecule has 160 valence electrons. The van der Waals surface area contributed by atoms with E-state index in [0.29, 0.717) is 6.04 Å². The Morgan fingerprint density at radius 3 is 2.60 bits per heavy atom. The molecule has 2 aromatic rings. The molecule has 0 saturated carbocycles. The van der Waals surface area contributed by atoms with Gasteiger partial charge in [0.05, 0.1) is 5.88 Å². The number of nitrogens with zero attached hydrogens (tertiary/aromatic N) is 3. The zero-order valence-electron chi connectivity index (χ0n) is 17.8. The number of hydrogen-bond donors (Lipinski definition) is 0. The van der Waals surface area contributed by atoms with Gasteiger partial charge in [-0.05, 0) is 84.0 Å². The minimum absolute atomic E-state index is 0.157. The van der Waals surface area contributed by atoms with Crippen LogP contribution in [0.15, 0.2) is 48.7 Å². The van der Waals surface area contributed by atoms with E-state index in [2.05, 4.69) is 78.6 Å². The Morgan fingerprint density at radius 2 is 1.87 bits per heavy atom. The Bertz CT molecular complexity index is 936. The predicted octanol–water partition coefficient (Wildman–Crippen LogP) is 3.50. The third-order valence-electron chi connectivity index (χ3n) is 6.02. The van der Waals surface area contributed by atoms with Crippen molar-refractivity contribution in [1.29, 1.82) is 0 Å². The van der Waals surface area contributed by atoms with Crippen LogP contribution in [0.25, 0.3) is 17.2 Å². The Labute approximate surface area is 182 Å². The first-order valence-electron chi connectivity index (χ1n) is 10.6. The molecule has 0 N–H and O–H groups in total. The van der Waals surface area contributed by atoms with Crippen LogP contribution in [0.1, 0.15) is 29.5 Å². The van der Waals surface area contributed by atoms with E-state index >= 15 is 0 Å². The number of piperidine rings is 1. The van der Waals surface area contributed by atoms with Gasteiger partial charge in [0, 0.05) is 38.4 Å². The molecule has 1 unspecified atom stereocenters. The lowest BCUT2D eigenvalue weighted by Gasteiger charge is -2.39. The fraction of sp³-hybridized carbons (Fsp3) is 0.417. The Kier molecular flexibility index (Phi) is 6.68. The summed E-state index contributed by atoms with van der Waals surface area (Å²) in [4.78, 5) is 6.64. The average molecular weight is 425 g/mol. The van der Waals surface area contributed by atoms with Gasteiger partial charge >= 0.3 is 0 Å². The minimum Gasteiger partial charge on any atom is -0.771 e. The highest BCUT2D eigenvalue weighted by Gasteiger charge is 2.24. The van der Waals surface area contributed by atoms with Crippen LogP contribution in [0.2, 0.25) is 0 Å². The molecular formula is C24H30N3O2S-. The van der Waals surface area contributed by atoms with Crippen LogP contribution in [0.4, 0.5) is 0 Å². The van der Waals surface area contributed by atoms with Crippen LogP contribution in [-0.2, 0) is 24.2 Å². The van der Waals surface area contributed by atoms with E-state index in [1.807, 2.05) is 4.90 Å². The molecular weight excluding hydrogens is 394 g/mol. The van der Waals surface area contributed by atoms with Gasteiger partial charge in [0.15, 0.2) is 0 Å². The third kappa shape index (κ3) is 5.19. The highest BCUT2D eigenvalue weighted by molar-refractivity contribution is 7.79. The minimum atomic E-state index is -1.99. The van der Waals surface area contributed by atoms with Crippen LogP contribution in [0, 0.1) is 0 Å². The maximum atomic E-state index is 10.9. The summed E-state index contributed by atoms with van der Waals surface area (Å²) in [6.45, 7) is 3.55. The fourth-order valence-corrected chi connectivity index (χ4v) is 5.05. The normalized spacial score (nSPS) is 18.6. The van der Waals surface area contributed by atoms with Gasteiger partial charge < -0.3 is 14.4 Å². The molecule has 0 spiro atoms. The number of likely N-dealkylation sites (tertiary alicyclic amines) is 1. The molecule has 2 aliphatic rings. The number of hydrogen-bond acceptors (Lipinski definition) is 5. The summed E-state index contributed by atoms with van der Waals surface area (Å²) in [6.07, 6.45) is 6.47. The first kappa shape index (κ1) is 21.2. The lowest BCUT2D eigenvalue weighted by atomic mass is 9.95. The van der Waals surface area contributed by atoms with Gasteiger partial charge in [0.25, 0.3) is 0 Å². The van der Waals surface area contributed by atoms with Crippen molar-refractivity contribution >= 4 is 17.2 Å². The molecule has 0 radical (unpaired) electrons. The predicted molar refractivity (Wildman–Crippen MR) is 122 cm³/mol. The van der Waals surface area contributed by atoms with Crippen molar-refractivity contribution in [1.82, 2.24) is 14.7 Å². The zero-order chi connectivity index (χ0) is 21.1. The molecule has 0 aliphatic carbocycles. The second-order valence-corrected chi connectivity index (χ2v) is 9.49. The maximum Gasteiger partial charge on any atom is 0.0613 e. The van der Waals surface area contributed by atoms with Crippen molar-refractivity contribution in [3.8, 4) is 11.1 Å². The highest BCUT2D eigenvalue weighted by atomic mass is 32.2. The molecule has 6 heteroatoms. The van der Waals surface area contributed by atoms with Crippen molar-refractivity contribution in [2.24, 2.45) is 0 Å². The Balaban J connectivity index is 1.43. The molecule has 0 bridgehead atoms. The van der Waals surface area contributed by atoms with E-state index in [0.717, 1.165) is 39.0 Å². The Morgan fingerprint density at radius 1 is 1.10 bits per heavy atom. The van der Waals surface area contributed by atoms with Gasteiger partial charge in [-0.3, -0.25) is 9.11 Å². The van der Waals surface area contributed by atoms with Gasteiger partial charge in [-0.25, -0.2) is 0 Å². The number of benzene rings is 2. The van der Waals surface area contributed by atoms with Crippen LogP contribution in [0.3, 0.4) is 0 Å². The quantitative estimate of drug-likeness (QED) is 0.665. The molecule has 2 aliphatic heterocycles. The van der Waals surface area contributed by atoms with Gasteiger partial charge in [0.1, 0.15) is 0 Å². The zero-order valence-corrected chi connectivity index (χ0v) is 18.6. The maximum absolute atomic E-state index is 10.9. The summed E-state index contributed by atoms with van der Waals surface area (Å²) in [5.41, 5.74) is 6.49. The van der Waals surface area contributed by atoms with Crippen LogP contribution in [-0.4, -0.2) is 62.6 Å². The molecule has 30 heavy (non-hydrogen) atoms. The summed E-state index contributed by atoms with van der Waals surface area (Å²) in [5, 5.41) is 0. The lowest BCUT2D eigenvalue weighted by molar-refractivity contribution is 0.149. The molecule has 5 nitrogen and oxygen atoms in total. The summed E-state index contributed by atoms with van der Waals surface area (Å²) >= 11 is -1.99. The molecule has 0 amide bonds. The summed E-state index contributed by atoms with van der Waals surface area (Å²) in [5.74, 6) is 0.157. The van der Waals surface area contributed by atoms with E-state index in [9.17, 15) is 8.76 Å². The standard InChI is InChI=1S/C24H31N3O2S/c1-25(2)16-19-4-3-5-20(14-19)21-6-7-23-17-27(13-8-22(23)15-21)24-9-11-26(12-10-24)18-30(28)29/h3-8,13-15,24H,9-12,16-18H2,1-2H3,(H,28,29)/p-1. The molecule has 4 rings (SSSR count). The van der Waals surface area contributed by atoms with Crippen molar-refractivity contribution in [2.75, 3.05) is 33.1 Å². The molecule has 2 aromatic carbocycles. The molecule has 2 heterocycles. The van der Waals surface area contributed by atoms with Gasteiger partial charge in [0.2, 0.25) is 0 Å². The average Bonchev–Trinajstić information content (AvgIpc) is 2.73. The fourth-order valence-electron chi connectivity index (χ4n) is 4.49. The third-order valence-corrected chi connectivity index (χ3v) is 6.59. The van der Waals surface area contributed by atoms with Gasteiger partial charge in [-0.1, -0.05) is 30.3 Å². The molecule has 1 atom stereocenters. The topological polar surface area (TPSA) is 49.8 Å². The van der Waals surface area contributed by atoms with Crippen LogP contribution < -0.4 is 0 Å². The van der Waals surface area contributed by atoms with Gasteiger partial charge in [-0.15, -0.1) is 0 Å². The second kappa shape index (κ2) is 9.43. The van der Waals surface area contributed by atoms with E-state index in [1.54, 1.807) is 0 Å². The SMILES string of the molecule is CN(C)Cc1cccc(-c2ccc3c(c2)C=CN(C2CCN(CS(=O)[O-])CC2)C3)c1. The molecule has 1 fully saturated rings. The van der Waals surface area contributed by atoms with Crippen molar-refractivity contribution in [3.05, 3.63) is 65.4 Å². The van der Waals surface area contributed by atoms with E-state index in [4.69, 9.17) is 0 Å². The largest absolute Gasteiger partial charge is 0.771 e. The van der Waals surface area contributed by atoms with Crippen molar-refractivity contribution < 1.29 is 8.76 Å². The summed E-state index contributed by atoms with van der Waals surface area (Å²) in [6, 6.07) is 16.1. The van der Waals surface area contributed by atoms with Crippen molar-refractivity contribution in [3.63, 3.8) is 0 Å². The first-order valence-corrected chi connectivity index (χ1v) is 11.8. The second-order valence-electron chi connectivity index (χ2n) is 8.62. The molecule has 1 saturated heterocycles. The summed E-state index contributed by atoms with van der Waals surface area (Å²) in [7, 11) is 4.19. The summed E-state index contributed by atoms with van der Waals surface area (Å²) < 4.78 is 21.8. The number of rotatable bonds is 6. The van der Waals surface area contributed by atoms with Gasteiger partial charge in [-0.2, -0.15) is 0 Å². The highest BCUT2D eigenvalue weighted by Crippen LogP contribution is 2.30. The monoisotopic (exact) mass is 424 g/mol. The van der Waals surface area contributed by atoms with Crippen LogP contribution >= 0.6 is 0 Å². The lowest BCUT2D eigenvalue weighted by Crippen LogP contribution is -2.44. The van der Waals surface area contributed by atoms with E-state index < -0.39 is 11.1 Å². The number of fused-ring (bicyclic) bond motifs is 1. The van der Waals surface area contributed by atoms with E-state index in [-0.39, 0.29) is 5.88 Å². The van der Waals surface area contributed by atoms with E-state index in [1.165, 1.54) is 27.8 Å². The Hall–Kier alpha value is -1.99. The first-order chi connectivity index (χ1) is 14.5. The van der Waals surface area contributed by atoms with Crippen LogP contribution in [0.5, 0.6) is 0 Å². The smallest absolute Gasteiger partial charge is 0.0613 e. The van der Waals surface area contributed by atoms with Crippen molar-refractivity contribution in [2.45, 2.75) is 32.0 Å².